The van der Waals surface area contributed by atoms with Crippen LogP contribution < -0.4 is 4.74 Å². The van der Waals surface area contributed by atoms with Crippen molar-refractivity contribution in [3.05, 3.63) is 28.9 Å². The number of hydrogen-bond donors (Lipinski definition) is 0. The smallest absolute Gasteiger partial charge is 0.418 e. The highest BCUT2D eigenvalue weighted by molar-refractivity contribution is 6.37. The summed E-state index contributed by atoms with van der Waals surface area (Å²) in [7, 11) is 1.56. The largest absolute Gasteiger partial charge is 0.495 e. The average molecular weight is 298 g/mol. The first-order valence-corrected chi connectivity index (χ1v) is 6.99. The number of nitrogens with zero attached hydrogens (tertiary/aromatic N) is 1. The Bertz CT molecular complexity index is 605. The Kier molecular flexibility index (Phi) is 5.89. The molecule has 1 heterocycles. The zero-order valence-electron chi connectivity index (χ0n) is 12.5. The minimum absolute atomic E-state index is 0.335. The molecule has 4 nitrogen and oxygen atoms in total. The Labute approximate surface area is 124 Å². The lowest BCUT2D eigenvalue weighted by atomic mass is 10.2. The first-order valence-electron chi connectivity index (χ1n) is 6.61. The van der Waals surface area contributed by atoms with E-state index in [0.29, 0.717) is 17.4 Å². The molecule has 0 radical (unpaired) electrons. The Morgan fingerprint density at radius 1 is 1.35 bits per heavy atom. The zero-order chi connectivity index (χ0) is 15.3. The Balaban J connectivity index is 0.000000956. The van der Waals surface area contributed by atoms with Gasteiger partial charge in [-0.2, -0.15) is 0 Å². The molecule has 1 aromatic heterocycles. The molecule has 1 aromatic carbocycles. The standard InChI is InChI=1S/C13H14ClNO3.C2H6/c1-4-18-13(16)15-8(2)7-9-10(15)5-6-11(17-3)12(9)14;1-2/h5-7H,4H2,1-3H3;1-2H3. The molecule has 0 atom stereocenters. The third-order valence-corrected chi connectivity index (χ3v) is 3.13. The van der Waals surface area contributed by atoms with Crippen molar-refractivity contribution in [2.75, 3.05) is 13.7 Å². The number of aryl methyl sites for hydroxylation is 1. The van der Waals surface area contributed by atoms with Gasteiger partial charge in [-0.1, -0.05) is 25.4 Å². The molecule has 0 bridgehead atoms. The second-order valence-corrected chi connectivity index (χ2v) is 4.21. The Morgan fingerprint density at radius 2 is 2.00 bits per heavy atom. The number of fused-ring (bicyclic) bond motifs is 1. The van der Waals surface area contributed by atoms with Crippen LogP contribution in [0.3, 0.4) is 0 Å². The molecular weight excluding hydrogens is 278 g/mol. The van der Waals surface area contributed by atoms with Crippen molar-refractivity contribution < 1.29 is 14.3 Å². The number of carbonyl (C=O) groups excluding carboxylic acids is 1. The van der Waals surface area contributed by atoms with Crippen LogP contribution in [0.2, 0.25) is 5.02 Å². The summed E-state index contributed by atoms with van der Waals surface area (Å²) in [6, 6.07) is 5.38. The number of benzene rings is 1. The van der Waals surface area contributed by atoms with Crippen molar-refractivity contribution >= 4 is 28.6 Å². The Morgan fingerprint density at radius 3 is 2.55 bits per heavy atom. The molecular formula is C15H20ClNO3. The van der Waals surface area contributed by atoms with Gasteiger partial charge in [-0.05, 0) is 32.0 Å². The monoisotopic (exact) mass is 297 g/mol. The van der Waals surface area contributed by atoms with Crippen LogP contribution in [0.25, 0.3) is 10.9 Å². The molecule has 110 valence electrons. The summed E-state index contributed by atoms with van der Waals surface area (Å²) in [6.45, 7) is 7.94. The maximum atomic E-state index is 11.9. The van der Waals surface area contributed by atoms with Gasteiger partial charge in [0.15, 0.2) is 0 Å². The number of halogens is 1. The van der Waals surface area contributed by atoms with Crippen molar-refractivity contribution in [3.8, 4) is 5.75 Å². The van der Waals surface area contributed by atoms with Crippen LogP contribution >= 0.6 is 11.6 Å². The highest BCUT2D eigenvalue weighted by Crippen LogP contribution is 2.34. The van der Waals surface area contributed by atoms with E-state index in [9.17, 15) is 4.79 Å². The lowest BCUT2D eigenvalue weighted by Gasteiger charge is -2.07. The number of aromatic nitrogens is 1. The summed E-state index contributed by atoms with van der Waals surface area (Å²) < 4.78 is 11.7. The van der Waals surface area contributed by atoms with E-state index in [1.807, 2.05) is 26.8 Å². The maximum absolute atomic E-state index is 11.9. The van der Waals surface area contributed by atoms with Gasteiger partial charge in [-0.3, -0.25) is 0 Å². The van der Waals surface area contributed by atoms with E-state index in [1.54, 1.807) is 26.2 Å². The number of rotatable bonds is 2. The minimum Gasteiger partial charge on any atom is -0.495 e. The molecule has 0 aliphatic carbocycles. The highest BCUT2D eigenvalue weighted by atomic mass is 35.5. The van der Waals surface area contributed by atoms with Gasteiger partial charge in [0, 0.05) is 11.1 Å². The van der Waals surface area contributed by atoms with E-state index in [-0.39, 0.29) is 0 Å². The number of methoxy groups -OCH3 is 1. The topological polar surface area (TPSA) is 40.5 Å². The van der Waals surface area contributed by atoms with Gasteiger partial charge in [0.1, 0.15) is 5.75 Å². The molecule has 20 heavy (non-hydrogen) atoms. The van der Waals surface area contributed by atoms with Crippen LogP contribution in [0.1, 0.15) is 26.5 Å². The van der Waals surface area contributed by atoms with Gasteiger partial charge in [-0.15, -0.1) is 0 Å². The van der Waals surface area contributed by atoms with Crippen LogP contribution in [0.15, 0.2) is 18.2 Å². The fourth-order valence-electron chi connectivity index (χ4n) is 1.95. The van der Waals surface area contributed by atoms with Gasteiger partial charge in [-0.25, -0.2) is 9.36 Å². The molecule has 0 aliphatic rings. The zero-order valence-corrected chi connectivity index (χ0v) is 13.2. The second kappa shape index (κ2) is 7.20. The van der Waals surface area contributed by atoms with Crippen LogP contribution in [-0.4, -0.2) is 24.4 Å². The van der Waals surface area contributed by atoms with Crippen LogP contribution in [0.4, 0.5) is 4.79 Å². The maximum Gasteiger partial charge on any atom is 0.418 e. The lowest BCUT2D eigenvalue weighted by Crippen LogP contribution is -2.14. The van der Waals surface area contributed by atoms with Crippen molar-refractivity contribution in [2.45, 2.75) is 27.7 Å². The van der Waals surface area contributed by atoms with Crippen molar-refractivity contribution in [1.82, 2.24) is 4.57 Å². The van der Waals surface area contributed by atoms with E-state index in [2.05, 4.69) is 0 Å². The second-order valence-electron chi connectivity index (χ2n) is 3.83. The first-order chi connectivity index (χ1) is 9.60. The van der Waals surface area contributed by atoms with E-state index >= 15 is 0 Å². The SMILES string of the molecule is CC.CCOC(=O)n1c(C)cc2c(Cl)c(OC)ccc21. The van der Waals surface area contributed by atoms with E-state index < -0.39 is 6.09 Å². The molecule has 5 heteroatoms. The molecule has 0 N–H and O–H groups in total. The van der Waals surface area contributed by atoms with E-state index in [0.717, 1.165) is 16.6 Å². The summed E-state index contributed by atoms with van der Waals surface area (Å²) >= 11 is 6.22. The van der Waals surface area contributed by atoms with Gasteiger partial charge < -0.3 is 9.47 Å². The molecule has 0 amide bonds. The normalized spacial score (nSPS) is 9.90. The fourth-order valence-corrected chi connectivity index (χ4v) is 2.24. The van der Waals surface area contributed by atoms with Crippen molar-refractivity contribution in [2.24, 2.45) is 0 Å². The highest BCUT2D eigenvalue weighted by Gasteiger charge is 2.17. The third kappa shape index (κ3) is 2.90. The summed E-state index contributed by atoms with van der Waals surface area (Å²) in [5, 5.41) is 1.28. The predicted molar refractivity (Wildman–Crippen MR) is 82.0 cm³/mol. The van der Waals surface area contributed by atoms with Crippen LogP contribution in [-0.2, 0) is 4.74 Å². The average Bonchev–Trinajstić information content (AvgIpc) is 2.79. The van der Waals surface area contributed by atoms with Gasteiger partial charge in [0.25, 0.3) is 0 Å². The molecule has 0 aliphatic heterocycles. The predicted octanol–water partition coefficient (Wildman–Crippen LogP) is 4.64. The lowest BCUT2D eigenvalue weighted by molar-refractivity contribution is 0.154. The summed E-state index contributed by atoms with van der Waals surface area (Å²) in [4.78, 5) is 11.9. The molecule has 2 aromatic rings. The molecule has 0 saturated carbocycles. The molecule has 0 fully saturated rings. The first kappa shape index (κ1) is 16.4. The number of ether oxygens (including phenoxy) is 2. The van der Waals surface area contributed by atoms with Gasteiger partial charge in [0.05, 0.1) is 24.3 Å². The molecule has 0 spiro atoms. The van der Waals surface area contributed by atoms with E-state index in [4.69, 9.17) is 21.1 Å². The summed E-state index contributed by atoms with van der Waals surface area (Å²) in [5.41, 5.74) is 1.50. The summed E-state index contributed by atoms with van der Waals surface area (Å²) in [5.74, 6) is 0.588. The van der Waals surface area contributed by atoms with E-state index in [1.165, 1.54) is 4.57 Å². The van der Waals surface area contributed by atoms with Crippen molar-refractivity contribution in [3.63, 3.8) is 0 Å². The van der Waals surface area contributed by atoms with Crippen LogP contribution in [0.5, 0.6) is 5.75 Å². The quantitative estimate of drug-likeness (QED) is 0.810. The molecule has 0 unspecified atom stereocenters. The van der Waals surface area contributed by atoms with Gasteiger partial charge >= 0.3 is 6.09 Å². The van der Waals surface area contributed by atoms with Gasteiger partial charge in [0.2, 0.25) is 0 Å². The minimum atomic E-state index is -0.397. The number of carbonyl (C=O) groups is 1. The molecule has 2 rings (SSSR count). The summed E-state index contributed by atoms with van der Waals surface area (Å²) in [6.07, 6.45) is -0.397. The van der Waals surface area contributed by atoms with Crippen molar-refractivity contribution in [1.29, 1.82) is 0 Å². The van der Waals surface area contributed by atoms with Crippen LogP contribution in [0, 0.1) is 6.92 Å². The third-order valence-electron chi connectivity index (χ3n) is 2.74. The Hall–Kier alpha value is -1.68. The molecule has 0 saturated heterocycles. The number of hydrogen-bond acceptors (Lipinski definition) is 3. The fraction of sp³-hybridized carbons (Fsp3) is 0.400.